The Balaban J connectivity index is 1.55. The van der Waals surface area contributed by atoms with Gasteiger partial charge in [0.1, 0.15) is 0 Å². The summed E-state index contributed by atoms with van der Waals surface area (Å²) in [5.41, 5.74) is 2.44. The van der Waals surface area contributed by atoms with Crippen LogP contribution in [0.2, 0.25) is 0 Å². The molecular formula is C20H16N2O3S. The molecule has 4 aromatic rings. The Hall–Kier alpha value is -2.96. The molecule has 0 saturated heterocycles. The third kappa shape index (κ3) is 3.24. The van der Waals surface area contributed by atoms with Gasteiger partial charge in [-0.15, -0.1) is 0 Å². The van der Waals surface area contributed by atoms with Crippen LogP contribution in [0, 0.1) is 0 Å². The van der Waals surface area contributed by atoms with E-state index in [1.54, 1.807) is 30.9 Å². The first-order chi connectivity index (χ1) is 12.6. The topological polar surface area (TPSA) is 72.2 Å². The molecule has 0 atom stereocenters. The van der Waals surface area contributed by atoms with E-state index < -0.39 is 10.0 Å². The van der Waals surface area contributed by atoms with Gasteiger partial charge in [0.15, 0.2) is 0 Å². The van der Waals surface area contributed by atoms with Gasteiger partial charge in [0.2, 0.25) is 10.0 Å². The van der Waals surface area contributed by atoms with Crippen molar-refractivity contribution in [3.05, 3.63) is 85.0 Å². The number of aromatic nitrogens is 1. The molecule has 2 aromatic carbocycles. The number of pyridine rings is 1. The molecule has 0 radical (unpaired) electrons. The lowest BCUT2D eigenvalue weighted by atomic mass is 10.1. The molecule has 2 heterocycles. The Kier molecular flexibility index (Phi) is 4.28. The SMILES string of the molecule is O=S(=O)(NCc1ccc(-c2ccoc2)nc1)c1cccc2ccccc12. The van der Waals surface area contributed by atoms with Crippen molar-refractivity contribution in [1.29, 1.82) is 0 Å². The minimum atomic E-state index is -3.63. The largest absolute Gasteiger partial charge is 0.472 e. The van der Waals surface area contributed by atoms with Crippen LogP contribution in [-0.2, 0) is 16.6 Å². The van der Waals surface area contributed by atoms with E-state index in [0.717, 1.165) is 22.2 Å². The van der Waals surface area contributed by atoms with Gasteiger partial charge in [-0.1, -0.05) is 42.5 Å². The number of nitrogens with one attached hydrogen (secondary N) is 1. The van der Waals surface area contributed by atoms with E-state index in [1.807, 2.05) is 48.5 Å². The first-order valence-electron chi connectivity index (χ1n) is 8.08. The Bertz CT molecular complexity index is 1130. The Morgan fingerprint density at radius 2 is 1.81 bits per heavy atom. The predicted molar refractivity (Wildman–Crippen MR) is 99.9 cm³/mol. The van der Waals surface area contributed by atoms with Crippen LogP contribution >= 0.6 is 0 Å². The van der Waals surface area contributed by atoms with Gasteiger partial charge in [-0.3, -0.25) is 4.98 Å². The molecule has 0 bridgehead atoms. The summed E-state index contributed by atoms with van der Waals surface area (Å²) in [6.45, 7) is 0.171. The van der Waals surface area contributed by atoms with E-state index >= 15 is 0 Å². The van der Waals surface area contributed by atoms with Crippen molar-refractivity contribution in [2.45, 2.75) is 11.4 Å². The molecule has 0 amide bonds. The molecular weight excluding hydrogens is 348 g/mol. The fraction of sp³-hybridized carbons (Fsp3) is 0.0500. The summed E-state index contributed by atoms with van der Waals surface area (Å²) in [5.74, 6) is 0. The van der Waals surface area contributed by atoms with E-state index in [0.29, 0.717) is 5.39 Å². The van der Waals surface area contributed by atoms with Crippen molar-refractivity contribution < 1.29 is 12.8 Å². The molecule has 0 aliphatic heterocycles. The van der Waals surface area contributed by atoms with Crippen LogP contribution in [0.25, 0.3) is 22.0 Å². The van der Waals surface area contributed by atoms with E-state index in [-0.39, 0.29) is 11.4 Å². The first-order valence-corrected chi connectivity index (χ1v) is 9.57. The standard InChI is InChI=1S/C20H16N2O3S/c23-26(24,20-7-3-5-16-4-1-2-6-18(16)20)22-13-15-8-9-19(21-12-15)17-10-11-25-14-17/h1-12,14,22H,13H2. The van der Waals surface area contributed by atoms with Crippen LogP contribution in [0.5, 0.6) is 0 Å². The highest BCUT2D eigenvalue weighted by molar-refractivity contribution is 7.89. The van der Waals surface area contributed by atoms with E-state index in [1.165, 1.54) is 0 Å². The molecule has 0 fully saturated rings. The molecule has 4 rings (SSSR count). The number of benzene rings is 2. The summed E-state index contributed by atoms with van der Waals surface area (Å²) in [6, 6.07) is 18.2. The van der Waals surface area contributed by atoms with Crippen molar-refractivity contribution in [1.82, 2.24) is 9.71 Å². The number of hydrogen-bond acceptors (Lipinski definition) is 4. The second-order valence-electron chi connectivity index (χ2n) is 5.87. The maximum atomic E-state index is 12.7. The zero-order chi connectivity index (χ0) is 18.0. The molecule has 0 spiro atoms. The van der Waals surface area contributed by atoms with E-state index in [2.05, 4.69) is 9.71 Å². The number of hydrogen-bond donors (Lipinski definition) is 1. The second-order valence-corrected chi connectivity index (χ2v) is 7.60. The van der Waals surface area contributed by atoms with Crippen molar-refractivity contribution in [3.8, 4) is 11.3 Å². The van der Waals surface area contributed by atoms with Gasteiger partial charge in [0.25, 0.3) is 0 Å². The smallest absolute Gasteiger partial charge is 0.241 e. The van der Waals surface area contributed by atoms with Gasteiger partial charge in [-0.05, 0) is 29.1 Å². The molecule has 5 nitrogen and oxygen atoms in total. The summed E-state index contributed by atoms with van der Waals surface area (Å²) < 4.78 is 33.2. The number of nitrogens with zero attached hydrogens (tertiary/aromatic N) is 1. The molecule has 0 aliphatic carbocycles. The third-order valence-corrected chi connectivity index (χ3v) is 5.61. The summed E-state index contributed by atoms with van der Waals surface area (Å²) >= 11 is 0. The van der Waals surface area contributed by atoms with E-state index in [4.69, 9.17) is 4.42 Å². The third-order valence-electron chi connectivity index (χ3n) is 4.15. The molecule has 0 aliphatic rings. The van der Waals surface area contributed by atoms with Gasteiger partial charge in [0.05, 0.1) is 23.1 Å². The summed E-state index contributed by atoms with van der Waals surface area (Å²) in [5, 5.41) is 1.59. The van der Waals surface area contributed by atoms with Gasteiger partial charge < -0.3 is 4.42 Å². The lowest BCUT2D eigenvalue weighted by molar-refractivity contribution is 0.568. The quantitative estimate of drug-likeness (QED) is 0.581. The van der Waals surface area contributed by atoms with Crippen LogP contribution in [0.4, 0.5) is 0 Å². The monoisotopic (exact) mass is 364 g/mol. The highest BCUT2D eigenvalue weighted by Crippen LogP contribution is 2.23. The van der Waals surface area contributed by atoms with Crippen LogP contribution in [0.3, 0.4) is 0 Å². The Morgan fingerprint density at radius 1 is 0.962 bits per heavy atom. The average Bonchev–Trinajstić information content (AvgIpc) is 3.21. The van der Waals surface area contributed by atoms with Crippen LogP contribution in [0.1, 0.15) is 5.56 Å². The first kappa shape index (κ1) is 16.5. The van der Waals surface area contributed by atoms with Crippen LogP contribution in [-0.4, -0.2) is 13.4 Å². The Labute approximate surface area is 151 Å². The predicted octanol–water partition coefficient (Wildman–Crippen LogP) is 3.97. The maximum Gasteiger partial charge on any atom is 0.241 e. The van der Waals surface area contributed by atoms with Crippen molar-refractivity contribution in [2.24, 2.45) is 0 Å². The fourth-order valence-electron chi connectivity index (χ4n) is 2.80. The minimum absolute atomic E-state index is 0.171. The summed E-state index contributed by atoms with van der Waals surface area (Å²) in [6.07, 6.45) is 4.86. The minimum Gasteiger partial charge on any atom is -0.472 e. The van der Waals surface area contributed by atoms with Crippen molar-refractivity contribution in [3.63, 3.8) is 0 Å². The van der Waals surface area contributed by atoms with Crippen LogP contribution in [0.15, 0.2) is 88.7 Å². The summed E-state index contributed by atoms with van der Waals surface area (Å²) in [7, 11) is -3.63. The lowest BCUT2D eigenvalue weighted by Crippen LogP contribution is -2.23. The molecule has 1 N–H and O–H groups in total. The van der Waals surface area contributed by atoms with Gasteiger partial charge in [0, 0.05) is 23.7 Å². The molecule has 2 aromatic heterocycles. The number of furan rings is 1. The fourth-order valence-corrected chi connectivity index (χ4v) is 4.04. The summed E-state index contributed by atoms with van der Waals surface area (Å²) in [4.78, 5) is 4.63. The molecule has 130 valence electrons. The second kappa shape index (κ2) is 6.74. The highest BCUT2D eigenvalue weighted by atomic mass is 32.2. The lowest BCUT2D eigenvalue weighted by Gasteiger charge is -2.10. The zero-order valence-corrected chi connectivity index (χ0v) is 14.6. The van der Waals surface area contributed by atoms with Crippen molar-refractivity contribution >= 4 is 20.8 Å². The number of rotatable bonds is 5. The molecule has 26 heavy (non-hydrogen) atoms. The zero-order valence-electron chi connectivity index (χ0n) is 13.8. The number of sulfonamides is 1. The van der Waals surface area contributed by atoms with Gasteiger partial charge in [-0.2, -0.15) is 0 Å². The van der Waals surface area contributed by atoms with Crippen molar-refractivity contribution in [2.75, 3.05) is 0 Å². The van der Waals surface area contributed by atoms with Crippen LogP contribution < -0.4 is 4.72 Å². The molecule has 0 unspecified atom stereocenters. The van der Waals surface area contributed by atoms with Gasteiger partial charge in [-0.25, -0.2) is 13.1 Å². The molecule has 6 heteroatoms. The normalized spacial score (nSPS) is 11.7. The van der Waals surface area contributed by atoms with Gasteiger partial charge >= 0.3 is 0 Å². The molecule has 0 saturated carbocycles. The maximum absolute atomic E-state index is 12.7. The average molecular weight is 364 g/mol. The number of fused-ring (bicyclic) bond motifs is 1. The Morgan fingerprint density at radius 3 is 2.58 bits per heavy atom. The highest BCUT2D eigenvalue weighted by Gasteiger charge is 2.16. The van der Waals surface area contributed by atoms with E-state index in [9.17, 15) is 8.42 Å².